The molecule has 0 aliphatic heterocycles. The van der Waals surface area contributed by atoms with Crippen molar-refractivity contribution in [1.29, 1.82) is 0 Å². The molecule has 0 unspecified atom stereocenters. The van der Waals surface area contributed by atoms with E-state index in [1.807, 2.05) is 19.0 Å². The molecule has 0 spiro atoms. The number of rotatable bonds is 6. The predicted octanol–water partition coefficient (Wildman–Crippen LogP) is 1.55. The van der Waals surface area contributed by atoms with Gasteiger partial charge in [0, 0.05) is 25.7 Å². The first kappa shape index (κ1) is 21.7. The first-order valence-electron chi connectivity index (χ1n) is 9.11. The number of methoxy groups -OCH3 is 2. The Kier molecular flexibility index (Phi) is 7.01. The molecule has 2 atom stereocenters. The smallest absolute Gasteiger partial charge is 0.362 e. The minimum absolute atomic E-state index is 0.122. The average Bonchev–Trinajstić information content (AvgIpc) is 2.70. The highest BCUT2D eigenvalue weighted by atomic mass is 16.6. The van der Waals surface area contributed by atoms with Gasteiger partial charge in [-0.2, -0.15) is 0 Å². The fourth-order valence-electron chi connectivity index (χ4n) is 3.52. The molecule has 28 heavy (non-hydrogen) atoms. The number of hydrogen-bond donors (Lipinski definition) is 1. The standard InChI is InChI=1S/C20H27NO7/c1-21(2)15-10-8-13(9-11-15)17(23)28-20(18(24)26-3,19(25)27-4)14-6-5-7-16(22)12-14/h8-11,14,16,22H,5-7,12H2,1-4H3/t14-,16-/m0/s1. The molecule has 1 saturated carbocycles. The molecule has 154 valence electrons. The monoisotopic (exact) mass is 393 g/mol. The third-order valence-electron chi connectivity index (χ3n) is 5.07. The molecular formula is C20H27NO7. The molecule has 8 heteroatoms. The second-order valence-electron chi connectivity index (χ2n) is 7.07. The van der Waals surface area contributed by atoms with Crippen molar-refractivity contribution in [2.45, 2.75) is 37.4 Å². The van der Waals surface area contributed by atoms with Crippen molar-refractivity contribution in [1.82, 2.24) is 0 Å². The molecule has 0 saturated heterocycles. The first-order valence-corrected chi connectivity index (χ1v) is 9.11. The van der Waals surface area contributed by atoms with Gasteiger partial charge in [0.2, 0.25) is 0 Å². The lowest BCUT2D eigenvalue weighted by molar-refractivity contribution is -0.190. The number of hydrogen-bond acceptors (Lipinski definition) is 8. The molecule has 0 heterocycles. The topological polar surface area (TPSA) is 102 Å². The summed E-state index contributed by atoms with van der Waals surface area (Å²) < 4.78 is 15.1. The van der Waals surface area contributed by atoms with Crippen LogP contribution in [0.2, 0.25) is 0 Å². The fourth-order valence-corrected chi connectivity index (χ4v) is 3.52. The average molecular weight is 393 g/mol. The van der Waals surface area contributed by atoms with Crippen LogP contribution < -0.4 is 4.90 Å². The molecule has 0 radical (unpaired) electrons. The van der Waals surface area contributed by atoms with E-state index in [2.05, 4.69) is 0 Å². The number of ether oxygens (including phenoxy) is 3. The second kappa shape index (κ2) is 9.05. The minimum atomic E-state index is -2.26. The molecule has 1 N–H and O–H groups in total. The zero-order valence-electron chi connectivity index (χ0n) is 16.6. The number of esters is 3. The Labute approximate surface area is 164 Å². The minimum Gasteiger partial charge on any atom is -0.466 e. The lowest BCUT2D eigenvalue weighted by Gasteiger charge is -2.38. The number of benzene rings is 1. The maximum Gasteiger partial charge on any atom is 0.362 e. The number of aliphatic hydroxyl groups excluding tert-OH is 1. The Morgan fingerprint density at radius 1 is 1.04 bits per heavy atom. The van der Waals surface area contributed by atoms with Crippen LogP contribution in [0, 0.1) is 5.92 Å². The third-order valence-corrected chi connectivity index (χ3v) is 5.07. The van der Waals surface area contributed by atoms with Gasteiger partial charge in [-0.25, -0.2) is 14.4 Å². The Bertz CT molecular complexity index is 698. The van der Waals surface area contributed by atoms with Crippen LogP contribution in [-0.2, 0) is 23.8 Å². The van der Waals surface area contributed by atoms with E-state index in [0.717, 1.165) is 19.9 Å². The summed E-state index contributed by atoms with van der Waals surface area (Å²) in [6, 6.07) is 6.54. The molecule has 1 fully saturated rings. The Balaban J connectivity index is 2.41. The van der Waals surface area contributed by atoms with Gasteiger partial charge in [0.1, 0.15) is 0 Å². The van der Waals surface area contributed by atoms with E-state index in [0.29, 0.717) is 19.3 Å². The Morgan fingerprint density at radius 3 is 2.07 bits per heavy atom. The van der Waals surface area contributed by atoms with Crippen molar-refractivity contribution in [3.63, 3.8) is 0 Å². The Morgan fingerprint density at radius 2 is 1.61 bits per heavy atom. The van der Waals surface area contributed by atoms with Crippen LogP contribution in [0.3, 0.4) is 0 Å². The van der Waals surface area contributed by atoms with Crippen molar-refractivity contribution in [3.8, 4) is 0 Å². The number of anilines is 1. The van der Waals surface area contributed by atoms with E-state index < -0.39 is 35.5 Å². The largest absolute Gasteiger partial charge is 0.466 e. The third kappa shape index (κ3) is 4.27. The van der Waals surface area contributed by atoms with Gasteiger partial charge in [-0.1, -0.05) is 6.42 Å². The molecule has 1 aromatic carbocycles. The van der Waals surface area contributed by atoms with Crippen molar-refractivity contribution in [3.05, 3.63) is 29.8 Å². The van der Waals surface area contributed by atoms with E-state index in [9.17, 15) is 19.5 Å². The summed E-state index contributed by atoms with van der Waals surface area (Å²) in [4.78, 5) is 40.0. The first-order chi connectivity index (χ1) is 13.3. The van der Waals surface area contributed by atoms with E-state index >= 15 is 0 Å². The second-order valence-corrected chi connectivity index (χ2v) is 7.07. The zero-order valence-corrected chi connectivity index (χ0v) is 16.6. The van der Waals surface area contributed by atoms with Crippen LogP contribution in [-0.4, -0.2) is 63.0 Å². The molecule has 0 bridgehead atoms. The number of carbonyl (C=O) groups excluding carboxylic acids is 3. The molecule has 1 aliphatic rings. The fraction of sp³-hybridized carbons (Fsp3) is 0.550. The maximum atomic E-state index is 12.8. The molecule has 8 nitrogen and oxygen atoms in total. The van der Waals surface area contributed by atoms with Gasteiger partial charge in [0.15, 0.2) is 0 Å². The van der Waals surface area contributed by atoms with Crippen LogP contribution in [0.1, 0.15) is 36.0 Å². The van der Waals surface area contributed by atoms with Crippen LogP contribution in [0.25, 0.3) is 0 Å². The van der Waals surface area contributed by atoms with Gasteiger partial charge in [-0.3, -0.25) is 0 Å². The molecule has 0 amide bonds. The summed E-state index contributed by atoms with van der Waals surface area (Å²) in [5.74, 6) is -3.63. The van der Waals surface area contributed by atoms with Gasteiger partial charge < -0.3 is 24.2 Å². The lowest BCUT2D eigenvalue weighted by atomic mass is 9.75. The summed E-state index contributed by atoms with van der Waals surface area (Å²) in [6.07, 6.45) is 0.960. The van der Waals surface area contributed by atoms with Crippen molar-refractivity contribution >= 4 is 23.6 Å². The number of carbonyl (C=O) groups is 3. The summed E-state index contributed by atoms with van der Waals surface area (Å²) in [5, 5.41) is 10.0. The summed E-state index contributed by atoms with van der Waals surface area (Å²) in [7, 11) is 5.94. The highest BCUT2D eigenvalue weighted by molar-refractivity contribution is 6.07. The van der Waals surface area contributed by atoms with Crippen molar-refractivity contribution < 1.29 is 33.7 Å². The molecule has 1 aliphatic carbocycles. The molecule has 0 aromatic heterocycles. The van der Waals surface area contributed by atoms with Gasteiger partial charge in [0.25, 0.3) is 0 Å². The molecule has 1 aromatic rings. The van der Waals surface area contributed by atoms with Gasteiger partial charge in [0.05, 0.1) is 25.9 Å². The highest BCUT2D eigenvalue weighted by Gasteiger charge is 2.59. The van der Waals surface area contributed by atoms with E-state index in [4.69, 9.17) is 14.2 Å². The van der Waals surface area contributed by atoms with Crippen LogP contribution in [0.15, 0.2) is 24.3 Å². The predicted molar refractivity (Wildman–Crippen MR) is 101 cm³/mol. The SMILES string of the molecule is COC(=O)C(OC(=O)c1ccc(N(C)C)cc1)(C(=O)OC)[C@H]1CCC[C@H](O)C1. The van der Waals surface area contributed by atoms with Crippen LogP contribution >= 0.6 is 0 Å². The van der Waals surface area contributed by atoms with Crippen molar-refractivity contribution in [2.24, 2.45) is 5.92 Å². The number of nitrogens with zero attached hydrogens (tertiary/aromatic N) is 1. The quantitative estimate of drug-likeness (QED) is 0.441. The van der Waals surface area contributed by atoms with Crippen molar-refractivity contribution in [2.75, 3.05) is 33.2 Å². The van der Waals surface area contributed by atoms with E-state index in [-0.39, 0.29) is 12.0 Å². The zero-order chi connectivity index (χ0) is 20.9. The molecular weight excluding hydrogens is 366 g/mol. The van der Waals surface area contributed by atoms with E-state index in [1.165, 1.54) is 0 Å². The summed E-state index contributed by atoms with van der Waals surface area (Å²) in [5.41, 5.74) is -1.21. The normalized spacial score (nSPS) is 19.5. The molecule has 2 rings (SSSR count). The van der Waals surface area contributed by atoms with E-state index in [1.54, 1.807) is 24.3 Å². The Hall–Kier alpha value is -2.61. The highest BCUT2D eigenvalue weighted by Crippen LogP contribution is 2.38. The lowest BCUT2D eigenvalue weighted by Crippen LogP contribution is -2.58. The van der Waals surface area contributed by atoms with Gasteiger partial charge in [-0.15, -0.1) is 0 Å². The summed E-state index contributed by atoms with van der Waals surface area (Å²) in [6.45, 7) is 0. The summed E-state index contributed by atoms with van der Waals surface area (Å²) >= 11 is 0. The van der Waals surface area contributed by atoms with Crippen LogP contribution in [0.4, 0.5) is 5.69 Å². The number of aliphatic hydroxyl groups is 1. The van der Waals surface area contributed by atoms with Gasteiger partial charge >= 0.3 is 23.5 Å². The maximum absolute atomic E-state index is 12.8. The van der Waals surface area contributed by atoms with Crippen LogP contribution in [0.5, 0.6) is 0 Å². The van der Waals surface area contributed by atoms with Gasteiger partial charge in [-0.05, 0) is 43.5 Å².